The number of carbonyl (C=O) groups is 1. The first-order valence-corrected chi connectivity index (χ1v) is 12.9. The number of hydrogen-bond donors (Lipinski definition) is 0. The third-order valence-corrected chi connectivity index (χ3v) is 6.00. The Morgan fingerprint density at radius 1 is 0.829 bits per heavy atom. The molecule has 35 heavy (non-hydrogen) atoms. The molecule has 0 bridgehead atoms. The van der Waals surface area contributed by atoms with E-state index < -0.39 is 0 Å². The molecular formula is C30H38N2O3. The number of benzene rings is 2. The van der Waals surface area contributed by atoms with Crippen LogP contribution in [0.2, 0.25) is 0 Å². The molecule has 2 aromatic carbocycles. The molecule has 0 aliphatic heterocycles. The molecule has 0 N–H and O–H groups in total. The normalized spacial score (nSPS) is 11.7. The lowest BCUT2D eigenvalue weighted by atomic mass is 10.1. The van der Waals surface area contributed by atoms with Crippen molar-refractivity contribution < 1.29 is 14.3 Å². The zero-order valence-corrected chi connectivity index (χ0v) is 21.3. The molecule has 0 fully saturated rings. The zero-order valence-electron chi connectivity index (χ0n) is 21.3. The van der Waals surface area contributed by atoms with E-state index >= 15 is 0 Å². The zero-order chi connectivity index (χ0) is 24.9. The third-order valence-electron chi connectivity index (χ3n) is 6.00. The lowest BCUT2D eigenvalue weighted by molar-refractivity contribution is 0.0319. The molecule has 1 unspecified atom stereocenters. The van der Waals surface area contributed by atoms with E-state index in [2.05, 4.69) is 23.8 Å². The summed E-state index contributed by atoms with van der Waals surface area (Å²) < 4.78 is 11.5. The first-order chi connectivity index (χ1) is 17.1. The second-order valence-corrected chi connectivity index (χ2v) is 9.09. The summed E-state index contributed by atoms with van der Waals surface area (Å²) in [6.07, 6.45) is 12.7. The molecule has 0 spiro atoms. The fourth-order valence-corrected chi connectivity index (χ4v) is 3.79. The van der Waals surface area contributed by atoms with Gasteiger partial charge < -0.3 is 9.47 Å². The van der Waals surface area contributed by atoms with Gasteiger partial charge >= 0.3 is 5.97 Å². The number of carbonyl (C=O) groups excluding carboxylic acids is 1. The summed E-state index contributed by atoms with van der Waals surface area (Å²) in [6.45, 7) is 6.76. The highest BCUT2D eigenvalue weighted by Crippen LogP contribution is 2.21. The van der Waals surface area contributed by atoms with Crippen LogP contribution in [0.25, 0.3) is 11.4 Å². The van der Waals surface area contributed by atoms with E-state index in [1.807, 2.05) is 55.7 Å². The number of hydrogen-bond acceptors (Lipinski definition) is 5. The Labute approximate surface area is 209 Å². The molecule has 0 amide bonds. The minimum Gasteiger partial charge on any atom is -0.489 e. The summed E-state index contributed by atoms with van der Waals surface area (Å²) in [5, 5.41) is 0. The van der Waals surface area contributed by atoms with Crippen LogP contribution in [0.5, 0.6) is 5.75 Å². The molecule has 0 saturated heterocycles. The van der Waals surface area contributed by atoms with E-state index in [9.17, 15) is 4.79 Å². The number of aromatic nitrogens is 2. The van der Waals surface area contributed by atoms with Gasteiger partial charge in [-0.3, -0.25) is 0 Å². The minimum atomic E-state index is -0.267. The number of esters is 1. The number of ether oxygens (including phenoxy) is 2. The predicted molar refractivity (Wildman–Crippen MR) is 140 cm³/mol. The van der Waals surface area contributed by atoms with Gasteiger partial charge in [0.25, 0.3) is 0 Å². The smallest absolute Gasteiger partial charge is 0.338 e. The van der Waals surface area contributed by atoms with Crippen molar-refractivity contribution in [1.29, 1.82) is 0 Å². The van der Waals surface area contributed by atoms with Gasteiger partial charge in [-0.1, -0.05) is 51.7 Å². The van der Waals surface area contributed by atoms with Crippen LogP contribution in [0.4, 0.5) is 0 Å². The van der Waals surface area contributed by atoms with Crippen molar-refractivity contribution >= 4 is 5.97 Å². The molecule has 0 aliphatic rings. The van der Waals surface area contributed by atoms with Crippen LogP contribution in [-0.2, 0) is 17.8 Å². The topological polar surface area (TPSA) is 61.3 Å². The van der Waals surface area contributed by atoms with Crippen molar-refractivity contribution in [2.45, 2.75) is 84.8 Å². The minimum absolute atomic E-state index is 0.0604. The molecule has 0 radical (unpaired) electrons. The second kappa shape index (κ2) is 14.2. The van der Waals surface area contributed by atoms with E-state index in [-0.39, 0.29) is 12.1 Å². The van der Waals surface area contributed by atoms with Crippen LogP contribution >= 0.6 is 0 Å². The molecule has 1 aromatic heterocycles. The average molecular weight is 475 g/mol. The summed E-state index contributed by atoms with van der Waals surface area (Å²) in [5.41, 5.74) is 3.69. The van der Waals surface area contributed by atoms with Gasteiger partial charge in [0.15, 0.2) is 5.82 Å². The van der Waals surface area contributed by atoms with Crippen LogP contribution < -0.4 is 4.74 Å². The highest BCUT2D eigenvalue weighted by atomic mass is 16.5. The van der Waals surface area contributed by atoms with Crippen molar-refractivity contribution in [2.75, 3.05) is 0 Å². The van der Waals surface area contributed by atoms with Crippen LogP contribution in [-0.4, -0.2) is 22.0 Å². The van der Waals surface area contributed by atoms with Crippen LogP contribution in [0.15, 0.2) is 60.9 Å². The molecule has 186 valence electrons. The molecule has 0 saturated carbocycles. The molecule has 5 heteroatoms. The molecule has 0 aliphatic carbocycles. The van der Waals surface area contributed by atoms with Crippen molar-refractivity contribution in [1.82, 2.24) is 9.97 Å². The van der Waals surface area contributed by atoms with E-state index in [0.29, 0.717) is 12.2 Å². The maximum Gasteiger partial charge on any atom is 0.338 e. The van der Waals surface area contributed by atoms with Gasteiger partial charge in [0.05, 0.1) is 11.7 Å². The molecule has 1 atom stereocenters. The molecule has 5 nitrogen and oxygen atoms in total. The highest BCUT2D eigenvalue weighted by Gasteiger charge is 2.12. The largest absolute Gasteiger partial charge is 0.489 e. The van der Waals surface area contributed by atoms with Crippen molar-refractivity contribution in [3.8, 4) is 17.1 Å². The number of nitrogens with zero attached hydrogens (tertiary/aromatic N) is 2. The number of rotatable bonds is 14. The Balaban J connectivity index is 1.46. The average Bonchev–Trinajstić information content (AvgIpc) is 2.89. The maximum absolute atomic E-state index is 12.4. The first-order valence-electron chi connectivity index (χ1n) is 12.9. The lowest BCUT2D eigenvalue weighted by Gasteiger charge is -2.13. The van der Waals surface area contributed by atoms with Gasteiger partial charge in [0.1, 0.15) is 12.4 Å². The van der Waals surface area contributed by atoms with E-state index in [1.54, 1.807) is 12.1 Å². The van der Waals surface area contributed by atoms with Crippen molar-refractivity contribution in [2.24, 2.45) is 0 Å². The van der Waals surface area contributed by atoms with Gasteiger partial charge in [-0.15, -0.1) is 0 Å². The molecule has 3 aromatic rings. The summed E-state index contributed by atoms with van der Waals surface area (Å²) >= 11 is 0. The standard InChI is InChI=1S/C30H38N2O3/c1-4-6-8-9-10-23(3)35-30(33)27-14-12-24(13-15-27)22-34-28-18-16-26(17-19-28)29-31-20-25(21-32-29)11-7-5-2/h12-21,23H,4-11,22H2,1-3H3. The van der Waals surface area contributed by atoms with E-state index in [1.165, 1.54) is 31.2 Å². The lowest BCUT2D eigenvalue weighted by Crippen LogP contribution is -2.15. The molecular weight excluding hydrogens is 436 g/mol. The van der Waals surface area contributed by atoms with E-state index in [4.69, 9.17) is 9.47 Å². The Kier molecular flexibility index (Phi) is 10.7. The summed E-state index contributed by atoms with van der Waals surface area (Å²) in [4.78, 5) is 21.4. The van der Waals surface area contributed by atoms with Gasteiger partial charge in [-0.05, 0) is 80.1 Å². The summed E-state index contributed by atoms with van der Waals surface area (Å²) in [5.74, 6) is 1.22. The van der Waals surface area contributed by atoms with Gasteiger partial charge in [-0.25, -0.2) is 14.8 Å². The van der Waals surface area contributed by atoms with Crippen LogP contribution in [0, 0.1) is 0 Å². The first kappa shape index (κ1) is 26.4. The Morgan fingerprint density at radius 2 is 1.51 bits per heavy atom. The van der Waals surface area contributed by atoms with Crippen LogP contribution in [0.1, 0.15) is 87.2 Å². The van der Waals surface area contributed by atoms with Gasteiger partial charge in [0.2, 0.25) is 0 Å². The fraction of sp³-hybridized carbons (Fsp3) is 0.433. The second-order valence-electron chi connectivity index (χ2n) is 9.09. The Bertz CT molecular complexity index is 1010. The molecule has 1 heterocycles. The predicted octanol–water partition coefficient (Wildman–Crippen LogP) is 7.58. The van der Waals surface area contributed by atoms with Crippen molar-refractivity contribution in [3.63, 3.8) is 0 Å². The van der Waals surface area contributed by atoms with Gasteiger partial charge in [-0.2, -0.15) is 0 Å². The number of unbranched alkanes of at least 4 members (excludes halogenated alkanes) is 4. The quantitative estimate of drug-likeness (QED) is 0.178. The number of aryl methyl sites for hydroxylation is 1. The maximum atomic E-state index is 12.4. The van der Waals surface area contributed by atoms with E-state index in [0.717, 1.165) is 48.4 Å². The SMILES string of the molecule is CCCCCCC(C)OC(=O)c1ccc(COc2ccc(-c3ncc(CCCC)cn3)cc2)cc1. The third kappa shape index (κ3) is 8.82. The highest BCUT2D eigenvalue weighted by molar-refractivity contribution is 5.89. The van der Waals surface area contributed by atoms with Gasteiger partial charge in [0, 0.05) is 18.0 Å². The summed E-state index contributed by atoms with van der Waals surface area (Å²) in [7, 11) is 0. The fourth-order valence-electron chi connectivity index (χ4n) is 3.79. The Morgan fingerprint density at radius 3 is 2.17 bits per heavy atom. The summed E-state index contributed by atoms with van der Waals surface area (Å²) in [6, 6.07) is 15.2. The van der Waals surface area contributed by atoms with Crippen molar-refractivity contribution in [3.05, 3.63) is 77.6 Å². The molecule has 3 rings (SSSR count). The van der Waals surface area contributed by atoms with Crippen LogP contribution in [0.3, 0.4) is 0 Å². The monoisotopic (exact) mass is 474 g/mol. The Hall–Kier alpha value is -3.21.